The number of nitrogens with zero attached hydrogens (tertiary/aromatic N) is 2. The second-order valence-corrected chi connectivity index (χ2v) is 7.14. The fraction of sp³-hybridized carbons (Fsp3) is 1.00. The van der Waals surface area contributed by atoms with E-state index in [9.17, 15) is 0 Å². The van der Waals surface area contributed by atoms with E-state index in [2.05, 4.69) is 29.0 Å². The zero-order chi connectivity index (χ0) is 13.9. The maximum Gasteiger partial charge on any atom is 0.0229 e. The molecule has 0 saturated carbocycles. The van der Waals surface area contributed by atoms with E-state index in [4.69, 9.17) is 0 Å². The fourth-order valence-corrected chi connectivity index (χ4v) is 4.89. The van der Waals surface area contributed by atoms with E-state index in [0.29, 0.717) is 0 Å². The molecule has 3 aliphatic heterocycles. The van der Waals surface area contributed by atoms with E-state index in [-0.39, 0.29) is 0 Å². The minimum Gasteiger partial charge on any atom is -0.314 e. The molecule has 0 aromatic carbocycles. The Morgan fingerprint density at radius 2 is 1.75 bits per heavy atom. The number of hydrogen-bond donors (Lipinski definition) is 1. The minimum atomic E-state index is 0.801. The van der Waals surface area contributed by atoms with Crippen LogP contribution in [0.3, 0.4) is 0 Å². The van der Waals surface area contributed by atoms with E-state index < -0.39 is 0 Å². The van der Waals surface area contributed by atoms with Gasteiger partial charge in [0.1, 0.15) is 0 Å². The van der Waals surface area contributed by atoms with Crippen molar-refractivity contribution in [2.75, 3.05) is 26.2 Å². The molecule has 3 nitrogen and oxygen atoms in total. The molecule has 3 saturated heterocycles. The predicted molar refractivity (Wildman–Crippen MR) is 85.1 cm³/mol. The van der Waals surface area contributed by atoms with Crippen molar-refractivity contribution >= 4 is 0 Å². The molecule has 20 heavy (non-hydrogen) atoms. The smallest absolute Gasteiger partial charge is 0.0229 e. The Morgan fingerprint density at radius 1 is 1.00 bits per heavy atom. The van der Waals surface area contributed by atoms with E-state index in [0.717, 1.165) is 24.2 Å². The maximum absolute atomic E-state index is 3.78. The van der Waals surface area contributed by atoms with Crippen LogP contribution in [0.2, 0.25) is 0 Å². The van der Waals surface area contributed by atoms with Crippen molar-refractivity contribution in [3.05, 3.63) is 0 Å². The Morgan fingerprint density at radius 3 is 2.40 bits per heavy atom. The van der Waals surface area contributed by atoms with Gasteiger partial charge in [-0.05, 0) is 64.6 Å². The highest BCUT2D eigenvalue weighted by Gasteiger charge is 2.44. The van der Waals surface area contributed by atoms with Gasteiger partial charge < -0.3 is 10.2 Å². The average molecular weight is 279 g/mol. The minimum absolute atomic E-state index is 0.801. The summed E-state index contributed by atoms with van der Waals surface area (Å²) in [5.74, 6) is 0. The van der Waals surface area contributed by atoms with E-state index in [1.54, 1.807) is 0 Å². The van der Waals surface area contributed by atoms with Gasteiger partial charge in [-0.25, -0.2) is 0 Å². The SMILES string of the molecule is CCCNC1CC2CCC(C1)N2C1CCCN(CC)C1. The second-order valence-electron chi connectivity index (χ2n) is 7.14. The highest BCUT2D eigenvalue weighted by Crippen LogP contribution is 2.39. The van der Waals surface area contributed by atoms with Gasteiger partial charge >= 0.3 is 0 Å². The number of likely N-dealkylation sites (N-methyl/N-ethyl adjacent to an activating group) is 1. The van der Waals surface area contributed by atoms with Crippen molar-refractivity contribution in [3.8, 4) is 0 Å². The summed E-state index contributed by atoms with van der Waals surface area (Å²) in [5.41, 5.74) is 0. The summed E-state index contributed by atoms with van der Waals surface area (Å²) in [6.07, 6.45) is 9.83. The molecular weight excluding hydrogens is 246 g/mol. The molecule has 0 aromatic rings. The molecular formula is C17H33N3. The third-order valence-corrected chi connectivity index (χ3v) is 5.82. The van der Waals surface area contributed by atoms with Crippen molar-refractivity contribution < 1.29 is 0 Å². The zero-order valence-electron chi connectivity index (χ0n) is 13.5. The molecule has 0 aliphatic carbocycles. The molecule has 3 aliphatic rings. The van der Waals surface area contributed by atoms with Crippen LogP contribution in [-0.2, 0) is 0 Å². The molecule has 3 unspecified atom stereocenters. The Hall–Kier alpha value is -0.120. The van der Waals surface area contributed by atoms with Gasteiger partial charge in [-0.1, -0.05) is 13.8 Å². The molecule has 3 fully saturated rings. The summed E-state index contributed by atoms with van der Waals surface area (Å²) >= 11 is 0. The van der Waals surface area contributed by atoms with Crippen LogP contribution in [0.25, 0.3) is 0 Å². The molecule has 0 spiro atoms. The van der Waals surface area contributed by atoms with Gasteiger partial charge in [0.05, 0.1) is 0 Å². The van der Waals surface area contributed by atoms with E-state index in [1.165, 1.54) is 71.1 Å². The van der Waals surface area contributed by atoms with Gasteiger partial charge in [-0.15, -0.1) is 0 Å². The van der Waals surface area contributed by atoms with Gasteiger partial charge in [0.25, 0.3) is 0 Å². The third kappa shape index (κ3) is 3.05. The highest BCUT2D eigenvalue weighted by molar-refractivity contribution is 5.01. The summed E-state index contributed by atoms with van der Waals surface area (Å²) in [6, 6.07) is 3.41. The Bertz CT molecular complexity index is 293. The topological polar surface area (TPSA) is 18.5 Å². The third-order valence-electron chi connectivity index (χ3n) is 5.82. The number of rotatable bonds is 5. The molecule has 0 amide bonds. The first-order chi connectivity index (χ1) is 9.81. The molecule has 116 valence electrons. The quantitative estimate of drug-likeness (QED) is 0.834. The van der Waals surface area contributed by atoms with Crippen LogP contribution >= 0.6 is 0 Å². The first kappa shape index (κ1) is 14.8. The normalized spacial score (nSPS) is 39.3. The van der Waals surface area contributed by atoms with Crippen LogP contribution in [0.4, 0.5) is 0 Å². The van der Waals surface area contributed by atoms with Crippen molar-refractivity contribution in [1.82, 2.24) is 15.1 Å². The Labute approximate surface area is 125 Å². The van der Waals surface area contributed by atoms with E-state index >= 15 is 0 Å². The van der Waals surface area contributed by atoms with Gasteiger partial charge in [0.2, 0.25) is 0 Å². The lowest BCUT2D eigenvalue weighted by atomic mass is 9.92. The number of hydrogen-bond acceptors (Lipinski definition) is 3. The summed E-state index contributed by atoms with van der Waals surface area (Å²) in [4.78, 5) is 5.61. The Balaban J connectivity index is 1.59. The summed E-state index contributed by atoms with van der Waals surface area (Å²) in [5, 5.41) is 3.78. The monoisotopic (exact) mass is 279 g/mol. The molecule has 3 heteroatoms. The zero-order valence-corrected chi connectivity index (χ0v) is 13.5. The van der Waals surface area contributed by atoms with Crippen LogP contribution in [0, 0.1) is 0 Å². The standard InChI is InChI=1S/C17H33N3/c1-3-9-18-14-11-15-7-8-16(12-14)20(15)17-6-5-10-19(4-2)13-17/h14-18H,3-13H2,1-2H3. The van der Waals surface area contributed by atoms with Gasteiger partial charge in [0, 0.05) is 30.7 Å². The molecule has 3 heterocycles. The molecule has 0 radical (unpaired) electrons. The lowest BCUT2D eigenvalue weighted by molar-refractivity contribution is 0.0284. The number of nitrogens with one attached hydrogen (secondary N) is 1. The lowest BCUT2D eigenvalue weighted by Crippen LogP contribution is -2.57. The number of likely N-dealkylation sites (tertiary alicyclic amines) is 1. The van der Waals surface area contributed by atoms with Gasteiger partial charge in [-0.3, -0.25) is 4.90 Å². The van der Waals surface area contributed by atoms with Crippen molar-refractivity contribution in [3.63, 3.8) is 0 Å². The van der Waals surface area contributed by atoms with Crippen molar-refractivity contribution in [2.24, 2.45) is 0 Å². The molecule has 3 atom stereocenters. The fourth-order valence-electron chi connectivity index (χ4n) is 4.89. The maximum atomic E-state index is 3.78. The molecule has 1 N–H and O–H groups in total. The summed E-state index contributed by atoms with van der Waals surface area (Å²) in [7, 11) is 0. The molecule has 2 bridgehead atoms. The lowest BCUT2D eigenvalue weighted by Gasteiger charge is -2.47. The van der Waals surface area contributed by atoms with Gasteiger partial charge in [0.15, 0.2) is 0 Å². The first-order valence-corrected chi connectivity index (χ1v) is 9.05. The van der Waals surface area contributed by atoms with Crippen LogP contribution in [0.1, 0.15) is 58.8 Å². The summed E-state index contributed by atoms with van der Waals surface area (Å²) in [6.45, 7) is 9.70. The van der Waals surface area contributed by atoms with E-state index in [1.807, 2.05) is 0 Å². The average Bonchev–Trinajstić information content (AvgIpc) is 2.76. The van der Waals surface area contributed by atoms with Crippen LogP contribution < -0.4 is 5.32 Å². The summed E-state index contributed by atoms with van der Waals surface area (Å²) < 4.78 is 0. The Kier molecular flexibility index (Phi) is 5.00. The second kappa shape index (κ2) is 6.76. The number of fused-ring (bicyclic) bond motifs is 2. The molecule has 3 rings (SSSR count). The highest BCUT2D eigenvalue weighted by atomic mass is 15.3. The van der Waals surface area contributed by atoms with Crippen LogP contribution in [0.5, 0.6) is 0 Å². The first-order valence-electron chi connectivity index (χ1n) is 9.05. The molecule has 0 aromatic heterocycles. The van der Waals surface area contributed by atoms with Gasteiger partial charge in [-0.2, -0.15) is 0 Å². The number of piperidine rings is 2. The van der Waals surface area contributed by atoms with Crippen LogP contribution in [-0.4, -0.2) is 60.1 Å². The van der Waals surface area contributed by atoms with Crippen molar-refractivity contribution in [1.29, 1.82) is 0 Å². The van der Waals surface area contributed by atoms with Crippen molar-refractivity contribution in [2.45, 2.75) is 83.0 Å². The van der Waals surface area contributed by atoms with Crippen LogP contribution in [0.15, 0.2) is 0 Å². The predicted octanol–water partition coefficient (Wildman–Crippen LogP) is 2.47. The largest absolute Gasteiger partial charge is 0.314 e.